The number of aryl methyl sites for hydroxylation is 1. The third-order valence-electron chi connectivity index (χ3n) is 2.52. The van der Waals surface area contributed by atoms with Gasteiger partial charge in [0.15, 0.2) is 0 Å². The molecule has 1 aromatic carbocycles. The number of likely N-dealkylation sites (N-methyl/N-ethyl adjacent to an activating group) is 1. The summed E-state index contributed by atoms with van der Waals surface area (Å²) in [7, 11) is 0. The van der Waals surface area contributed by atoms with Gasteiger partial charge in [0, 0.05) is 6.54 Å². The molecule has 2 aromatic rings. The third kappa shape index (κ3) is 1.91. The molecule has 0 unspecified atom stereocenters. The quantitative estimate of drug-likeness (QED) is 0.846. The van der Waals surface area contributed by atoms with Crippen molar-refractivity contribution in [3.63, 3.8) is 0 Å². The fourth-order valence-electron chi connectivity index (χ4n) is 1.79. The number of rotatable bonds is 3. The van der Waals surface area contributed by atoms with Gasteiger partial charge in [-0.05, 0) is 26.0 Å². The molecule has 0 atom stereocenters. The fraction of sp³-hybridized carbons (Fsp3) is 0.333. The molecule has 0 bridgehead atoms. The van der Waals surface area contributed by atoms with Crippen LogP contribution in [0.4, 0.5) is 0 Å². The Morgan fingerprint density at radius 3 is 2.94 bits per heavy atom. The lowest BCUT2D eigenvalue weighted by Crippen LogP contribution is -2.27. The van der Waals surface area contributed by atoms with Gasteiger partial charge >= 0.3 is 0 Å². The van der Waals surface area contributed by atoms with Crippen LogP contribution in [0.2, 0.25) is 0 Å². The molecular formula is C12H15N3O. The zero-order valence-corrected chi connectivity index (χ0v) is 9.53. The molecule has 1 amide bonds. The Hall–Kier alpha value is -1.84. The first-order chi connectivity index (χ1) is 7.72. The van der Waals surface area contributed by atoms with Gasteiger partial charge in [0.25, 0.3) is 0 Å². The first-order valence-corrected chi connectivity index (χ1v) is 5.41. The molecule has 2 rings (SSSR count). The van der Waals surface area contributed by atoms with E-state index in [2.05, 4.69) is 10.3 Å². The van der Waals surface area contributed by atoms with Gasteiger partial charge in [0.1, 0.15) is 12.4 Å². The second-order valence-corrected chi connectivity index (χ2v) is 3.69. The van der Waals surface area contributed by atoms with E-state index in [1.165, 1.54) is 0 Å². The molecule has 1 aromatic heterocycles. The Balaban J connectivity index is 2.36. The van der Waals surface area contributed by atoms with Crippen LogP contribution in [0.3, 0.4) is 0 Å². The van der Waals surface area contributed by atoms with Gasteiger partial charge in [-0.15, -0.1) is 0 Å². The van der Waals surface area contributed by atoms with Crippen molar-refractivity contribution in [3.8, 4) is 0 Å². The number of para-hydroxylation sites is 2. The van der Waals surface area contributed by atoms with E-state index in [0.29, 0.717) is 13.1 Å². The number of nitrogens with zero attached hydrogens (tertiary/aromatic N) is 2. The summed E-state index contributed by atoms with van der Waals surface area (Å²) in [6.45, 7) is 4.82. The van der Waals surface area contributed by atoms with E-state index in [4.69, 9.17) is 0 Å². The minimum atomic E-state index is 0.0220. The largest absolute Gasteiger partial charge is 0.355 e. The highest BCUT2D eigenvalue weighted by atomic mass is 16.1. The second-order valence-electron chi connectivity index (χ2n) is 3.69. The Labute approximate surface area is 94.3 Å². The van der Waals surface area contributed by atoms with E-state index in [-0.39, 0.29) is 5.91 Å². The molecule has 84 valence electrons. The number of carbonyl (C=O) groups excluding carboxylic acids is 1. The van der Waals surface area contributed by atoms with Crippen LogP contribution < -0.4 is 5.32 Å². The third-order valence-corrected chi connectivity index (χ3v) is 2.52. The van der Waals surface area contributed by atoms with Gasteiger partial charge < -0.3 is 9.88 Å². The standard InChI is InChI=1S/C12H15N3O/c1-3-13-12(16)8-15-9(2)14-10-6-4-5-7-11(10)15/h4-7H,3,8H2,1-2H3,(H,13,16). The summed E-state index contributed by atoms with van der Waals surface area (Å²) in [5, 5.41) is 2.79. The average molecular weight is 217 g/mol. The average Bonchev–Trinajstić information content (AvgIpc) is 2.56. The molecular weight excluding hydrogens is 202 g/mol. The number of benzene rings is 1. The van der Waals surface area contributed by atoms with Gasteiger partial charge in [-0.3, -0.25) is 4.79 Å². The number of carbonyl (C=O) groups is 1. The van der Waals surface area contributed by atoms with Gasteiger partial charge in [0.2, 0.25) is 5.91 Å². The van der Waals surface area contributed by atoms with Crippen LogP contribution in [0.1, 0.15) is 12.7 Å². The predicted molar refractivity (Wildman–Crippen MR) is 63.2 cm³/mol. The van der Waals surface area contributed by atoms with Crippen molar-refractivity contribution in [1.82, 2.24) is 14.9 Å². The minimum Gasteiger partial charge on any atom is -0.355 e. The lowest BCUT2D eigenvalue weighted by atomic mass is 10.3. The van der Waals surface area contributed by atoms with Crippen LogP contribution in [0.15, 0.2) is 24.3 Å². The van der Waals surface area contributed by atoms with E-state index in [1.807, 2.05) is 42.7 Å². The number of hydrogen-bond donors (Lipinski definition) is 1. The summed E-state index contributed by atoms with van der Waals surface area (Å²) in [4.78, 5) is 16.0. The van der Waals surface area contributed by atoms with Gasteiger partial charge in [-0.1, -0.05) is 12.1 Å². The van der Waals surface area contributed by atoms with E-state index in [0.717, 1.165) is 16.9 Å². The highest BCUT2D eigenvalue weighted by molar-refractivity contribution is 5.81. The Morgan fingerprint density at radius 2 is 2.19 bits per heavy atom. The van der Waals surface area contributed by atoms with Crippen LogP contribution >= 0.6 is 0 Å². The second kappa shape index (κ2) is 4.35. The molecule has 0 aliphatic rings. The predicted octanol–water partition coefficient (Wildman–Crippen LogP) is 1.48. The molecule has 1 N–H and O–H groups in total. The topological polar surface area (TPSA) is 46.9 Å². The van der Waals surface area contributed by atoms with E-state index >= 15 is 0 Å². The van der Waals surface area contributed by atoms with Crippen molar-refractivity contribution in [2.75, 3.05) is 6.54 Å². The molecule has 4 heteroatoms. The summed E-state index contributed by atoms with van der Waals surface area (Å²) in [6.07, 6.45) is 0. The van der Waals surface area contributed by atoms with Crippen LogP contribution in [0.25, 0.3) is 11.0 Å². The first-order valence-electron chi connectivity index (χ1n) is 5.41. The van der Waals surface area contributed by atoms with E-state index in [1.54, 1.807) is 0 Å². The first kappa shape index (κ1) is 10.7. The van der Waals surface area contributed by atoms with Gasteiger partial charge in [0.05, 0.1) is 11.0 Å². The molecule has 16 heavy (non-hydrogen) atoms. The van der Waals surface area contributed by atoms with E-state index < -0.39 is 0 Å². The maximum absolute atomic E-state index is 11.5. The number of aromatic nitrogens is 2. The number of hydrogen-bond acceptors (Lipinski definition) is 2. The smallest absolute Gasteiger partial charge is 0.239 e. The summed E-state index contributed by atoms with van der Waals surface area (Å²) in [5.41, 5.74) is 1.94. The molecule has 4 nitrogen and oxygen atoms in total. The van der Waals surface area contributed by atoms with Crippen molar-refractivity contribution < 1.29 is 4.79 Å². The summed E-state index contributed by atoms with van der Waals surface area (Å²) < 4.78 is 1.93. The van der Waals surface area contributed by atoms with Crippen LogP contribution in [-0.2, 0) is 11.3 Å². The van der Waals surface area contributed by atoms with Gasteiger partial charge in [-0.25, -0.2) is 4.98 Å². The molecule has 0 aliphatic carbocycles. The van der Waals surface area contributed by atoms with Crippen molar-refractivity contribution in [3.05, 3.63) is 30.1 Å². The number of imidazole rings is 1. The molecule has 1 heterocycles. The lowest BCUT2D eigenvalue weighted by molar-refractivity contribution is -0.121. The van der Waals surface area contributed by atoms with E-state index in [9.17, 15) is 4.79 Å². The molecule has 0 saturated heterocycles. The normalized spacial score (nSPS) is 10.6. The molecule has 0 spiro atoms. The summed E-state index contributed by atoms with van der Waals surface area (Å²) >= 11 is 0. The highest BCUT2D eigenvalue weighted by Crippen LogP contribution is 2.14. The van der Waals surface area contributed by atoms with Crippen LogP contribution in [0, 0.1) is 6.92 Å². The van der Waals surface area contributed by atoms with Gasteiger partial charge in [-0.2, -0.15) is 0 Å². The Morgan fingerprint density at radius 1 is 1.44 bits per heavy atom. The lowest BCUT2D eigenvalue weighted by Gasteiger charge is -2.06. The minimum absolute atomic E-state index is 0.0220. The zero-order chi connectivity index (χ0) is 11.5. The summed E-state index contributed by atoms with van der Waals surface area (Å²) in [6, 6.07) is 7.84. The fourth-order valence-corrected chi connectivity index (χ4v) is 1.79. The maximum atomic E-state index is 11.5. The van der Waals surface area contributed by atoms with Crippen molar-refractivity contribution in [2.24, 2.45) is 0 Å². The zero-order valence-electron chi connectivity index (χ0n) is 9.53. The maximum Gasteiger partial charge on any atom is 0.239 e. The molecule has 0 radical (unpaired) electrons. The number of fused-ring (bicyclic) bond motifs is 1. The molecule has 0 aliphatic heterocycles. The van der Waals surface area contributed by atoms with Crippen LogP contribution in [-0.4, -0.2) is 22.0 Å². The SMILES string of the molecule is CCNC(=O)Cn1c(C)nc2ccccc21. The Bertz CT molecular complexity index is 516. The van der Waals surface area contributed by atoms with Crippen molar-refractivity contribution >= 4 is 16.9 Å². The summed E-state index contributed by atoms with van der Waals surface area (Å²) in [5.74, 6) is 0.890. The number of nitrogens with one attached hydrogen (secondary N) is 1. The highest BCUT2D eigenvalue weighted by Gasteiger charge is 2.09. The van der Waals surface area contributed by atoms with Crippen molar-refractivity contribution in [1.29, 1.82) is 0 Å². The molecule has 0 fully saturated rings. The monoisotopic (exact) mass is 217 g/mol. The molecule has 0 saturated carbocycles. The number of amides is 1. The van der Waals surface area contributed by atoms with Crippen molar-refractivity contribution in [2.45, 2.75) is 20.4 Å². The Kier molecular flexibility index (Phi) is 2.90. The van der Waals surface area contributed by atoms with Crippen LogP contribution in [0.5, 0.6) is 0 Å².